The smallest absolute Gasteiger partial charge is 0.267 e. The molecule has 2 aliphatic rings. The molecule has 2 atom stereocenters. The van der Waals surface area contributed by atoms with E-state index in [1.165, 1.54) is 0 Å². The third kappa shape index (κ3) is 3.78. The van der Waals surface area contributed by atoms with Crippen LogP contribution in [0.5, 0.6) is 11.5 Å². The first-order chi connectivity index (χ1) is 13.1. The van der Waals surface area contributed by atoms with Crippen molar-refractivity contribution in [1.29, 1.82) is 0 Å². The highest BCUT2D eigenvalue weighted by Crippen LogP contribution is 2.32. The third-order valence-corrected chi connectivity index (χ3v) is 5.26. The van der Waals surface area contributed by atoms with E-state index in [0.29, 0.717) is 30.2 Å². The number of rotatable bonds is 3. The molecule has 7 heteroatoms. The fourth-order valence-corrected chi connectivity index (χ4v) is 3.65. The SMILES string of the molecule is O=C(Nc1ccc(Br)cc1)[C@@H]1CCCN1C(=O)[C@@H]1COc2ccccc2O1. The Morgan fingerprint density at radius 3 is 2.59 bits per heavy atom. The lowest BCUT2D eigenvalue weighted by Gasteiger charge is -2.31. The normalized spacial score (nSPS) is 21.0. The predicted octanol–water partition coefficient (Wildman–Crippen LogP) is 3.22. The molecule has 0 saturated carbocycles. The second-order valence-corrected chi connectivity index (χ2v) is 7.47. The maximum absolute atomic E-state index is 13.0. The fraction of sp³-hybridized carbons (Fsp3) is 0.300. The number of likely N-dealkylation sites (tertiary alicyclic amines) is 1. The van der Waals surface area contributed by atoms with Gasteiger partial charge in [-0.1, -0.05) is 28.1 Å². The van der Waals surface area contributed by atoms with E-state index in [9.17, 15) is 9.59 Å². The molecule has 0 spiro atoms. The number of para-hydroxylation sites is 2. The van der Waals surface area contributed by atoms with Crippen molar-refractivity contribution in [3.05, 3.63) is 53.0 Å². The number of ether oxygens (including phenoxy) is 2. The summed E-state index contributed by atoms with van der Waals surface area (Å²) < 4.78 is 12.4. The van der Waals surface area contributed by atoms with Crippen LogP contribution >= 0.6 is 15.9 Å². The number of carbonyl (C=O) groups excluding carboxylic acids is 2. The molecule has 1 saturated heterocycles. The molecular weight excluding hydrogens is 412 g/mol. The van der Waals surface area contributed by atoms with Crippen LogP contribution in [0.4, 0.5) is 5.69 Å². The lowest BCUT2D eigenvalue weighted by Crippen LogP contribution is -2.51. The monoisotopic (exact) mass is 430 g/mol. The summed E-state index contributed by atoms with van der Waals surface area (Å²) in [6.45, 7) is 0.687. The highest BCUT2D eigenvalue weighted by Gasteiger charge is 2.39. The van der Waals surface area contributed by atoms with E-state index in [2.05, 4.69) is 21.2 Å². The van der Waals surface area contributed by atoms with Crippen LogP contribution in [0, 0.1) is 0 Å². The Labute approximate surface area is 165 Å². The van der Waals surface area contributed by atoms with Crippen molar-refractivity contribution in [2.24, 2.45) is 0 Å². The van der Waals surface area contributed by atoms with E-state index in [4.69, 9.17) is 9.47 Å². The zero-order valence-electron chi connectivity index (χ0n) is 14.6. The number of nitrogens with one attached hydrogen (secondary N) is 1. The van der Waals surface area contributed by atoms with Crippen LogP contribution in [0.1, 0.15) is 12.8 Å². The van der Waals surface area contributed by atoms with E-state index in [-0.39, 0.29) is 18.4 Å². The lowest BCUT2D eigenvalue weighted by molar-refractivity contribution is -0.145. The van der Waals surface area contributed by atoms with Gasteiger partial charge in [0.2, 0.25) is 12.0 Å². The summed E-state index contributed by atoms with van der Waals surface area (Å²) in [6.07, 6.45) is 0.688. The zero-order valence-corrected chi connectivity index (χ0v) is 16.1. The molecule has 2 aromatic carbocycles. The average molecular weight is 431 g/mol. The third-order valence-electron chi connectivity index (χ3n) is 4.73. The van der Waals surface area contributed by atoms with Gasteiger partial charge in [0.15, 0.2) is 11.5 Å². The van der Waals surface area contributed by atoms with Crippen LogP contribution < -0.4 is 14.8 Å². The van der Waals surface area contributed by atoms with Gasteiger partial charge >= 0.3 is 0 Å². The summed E-state index contributed by atoms with van der Waals surface area (Å²) in [5.74, 6) is 0.794. The van der Waals surface area contributed by atoms with Gasteiger partial charge in [-0.15, -0.1) is 0 Å². The number of hydrogen-bond donors (Lipinski definition) is 1. The van der Waals surface area contributed by atoms with Crippen LogP contribution in [0.15, 0.2) is 53.0 Å². The van der Waals surface area contributed by atoms with Gasteiger partial charge in [0.25, 0.3) is 5.91 Å². The molecule has 0 aliphatic carbocycles. The molecule has 2 heterocycles. The molecule has 6 nitrogen and oxygen atoms in total. The second kappa shape index (κ2) is 7.60. The Morgan fingerprint density at radius 1 is 1.07 bits per heavy atom. The minimum Gasteiger partial charge on any atom is -0.485 e. The Kier molecular flexibility index (Phi) is 5.03. The molecule has 0 bridgehead atoms. The van der Waals surface area contributed by atoms with Gasteiger partial charge in [0.1, 0.15) is 12.6 Å². The van der Waals surface area contributed by atoms with Gasteiger partial charge in [0.05, 0.1) is 0 Å². The van der Waals surface area contributed by atoms with E-state index >= 15 is 0 Å². The van der Waals surface area contributed by atoms with Crippen molar-refractivity contribution >= 4 is 33.4 Å². The van der Waals surface area contributed by atoms with Gasteiger partial charge in [-0.05, 0) is 49.2 Å². The van der Waals surface area contributed by atoms with Crippen LogP contribution in [0.25, 0.3) is 0 Å². The molecule has 2 aliphatic heterocycles. The first kappa shape index (κ1) is 17.9. The number of hydrogen-bond acceptors (Lipinski definition) is 4. The second-order valence-electron chi connectivity index (χ2n) is 6.55. The first-order valence-electron chi connectivity index (χ1n) is 8.87. The number of anilines is 1. The standard InChI is InChI=1S/C20H19BrN2O4/c21-13-7-9-14(10-8-13)22-19(24)15-4-3-11-23(15)20(25)18-12-26-16-5-1-2-6-17(16)27-18/h1-2,5-10,15,18H,3-4,11-12H2,(H,22,24)/t15-,18-/m0/s1. The van der Waals surface area contributed by atoms with Crippen molar-refractivity contribution < 1.29 is 19.1 Å². The largest absolute Gasteiger partial charge is 0.485 e. The Bertz CT molecular complexity index is 855. The lowest BCUT2D eigenvalue weighted by atomic mass is 10.1. The number of nitrogens with zero attached hydrogens (tertiary/aromatic N) is 1. The zero-order chi connectivity index (χ0) is 18.8. The molecule has 140 valence electrons. The molecule has 0 unspecified atom stereocenters. The molecule has 0 aromatic heterocycles. The highest BCUT2D eigenvalue weighted by molar-refractivity contribution is 9.10. The molecule has 0 radical (unpaired) electrons. The number of amides is 2. The molecular formula is C20H19BrN2O4. The summed E-state index contributed by atoms with van der Waals surface area (Å²) in [5.41, 5.74) is 0.702. The van der Waals surface area contributed by atoms with E-state index in [1.807, 2.05) is 36.4 Å². The van der Waals surface area contributed by atoms with Gasteiger partial charge in [0, 0.05) is 16.7 Å². The number of benzene rings is 2. The molecule has 4 rings (SSSR count). The maximum Gasteiger partial charge on any atom is 0.267 e. The van der Waals surface area contributed by atoms with Gasteiger partial charge in [-0.25, -0.2) is 0 Å². The number of fused-ring (bicyclic) bond motifs is 1. The summed E-state index contributed by atoms with van der Waals surface area (Å²) in [7, 11) is 0. The summed E-state index contributed by atoms with van der Waals surface area (Å²) >= 11 is 3.37. The van der Waals surface area contributed by atoms with E-state index in [0.717, 1.165) is 10.9 Å². The van der Waals surface area contributed by atoms with E-state index in [1.54, 1.807) is 17.0 Å². The molecule has 1 fully saturated rings. The van der Waals surface area contributed by atoms with Crippen molar-refractivity contribution in [1.82, 2.24) is 4.90 Å². The highest BCUT2D eigenvalue weighted by atomic mass is 79.9. The molecule has 2 aromatic rings. The Balaban J connectivity index is 1.44. The van der Waals surface area contributed by atoms with Crippen LogP contribution in [0.2, 0.25) is 0 Å². The van der Waals surface area contributed by atoms with Crippen LogP contribution in [-0.4, -0.2) is 42.0 Å². The fourth-order valence-electron chi connectivity index (χ4n) is 3.39. The minimum absolute atomic E-state index is 0.146. The topological polar surface area (TPSA) is 67.9 Å². The van der Waals surface area contributed by atoms with Crippen molar-refractivity contribution in [3.63, 3.8) is 0 Å². The maximum atomic E-state index is 13.0. The van der Waals surface area contributed by atoms with Crippen molar-refractivity contribution in [3.8, 4) is 11.5 Å². The number of carbonyl (C=O) groups is 2. The summed E-state index contributed by atoms with van der Waals surface area (Å²) in [6, 6.07) is 14.1. The average Bonchev–Trinajstić information content (AvgIpc) is 3.19. The van der Waals surface area contributed by atoms with Gasteiger partial charge < -0.3 is 19.7 Å². The van der Waals surface area contributed by atoms with Gasteiger partial charge in [-0.3, -0.25) is 9.59 Å². The summed E-state index contributed by atoms with van der Waals surface area (Å²) in [5, 5.41) is 2.89. The Hall–Kier alpha value is -2.54. The molecule has 2 amide bonds. The van der Waals surface area contributed by atoms with Crippen molar-refractivity contribution in [2.45, 2.75) is 25.0 Å². The molecule has 1 N–H and O–H groups in total. The quantitative estimate of drug-likeness (QED) is 0.811. The van der Waals surface area contributed by atoms with Crippen molar-refractivity contribution in [2.75, 3.05) is 18.5 Å². The summed E-state index contributed by atoms with van der Waals surface area (Å²) in [4.78, 5) is 27.3. The van der Waals surface area contributed by atoms with E-state index < -0.39 is 12.1 Å². The minimum atomic E-state index is -0.735. The Morgan fingerprint density at radius 2 is 1.81 bits per heavy atom. The van der Waals surface area contributed by atoms with Gasteiger partial charge in [-0.2, -0.15) is 0 Å². The molecule has 27 heavy (non-hydrogen) atoms. The van der Waals surface area contributed by atoms with Crippen LogP contribution in [0.3, 0.4) is 0 Å². The first-order valence-corrected chi connectivity index (χ1v) is 9.66. The predicted molar refractivity (Wildman–Crippen MR) is 104 cm³/mol. The number of halogens is 1. The van der Waals surface area contributed by atoms with Crippen LogP contribution in [-0.2, 0) is 9.59 Å².